The zero-order valence-electron chi connectivity index (χ0n) is 12.6. The molecule has 0 spiro atoms. The van der Waals surface area contributed by atoms with Crippen LogP contribution in [0.15, 0.2) is 30.3 Å². The van der Waals surface area contributed by atoms with Crippen LogP contribution in [0.25, 0.3) is 0 Å². The Morgan fingerprint density at radius 1 is 1.10 bits per heavy atom. The second-order valence-electron chi connectivity index (χ2n) is 5.58. The molecule has 3 heteroatoms. The molecule has 1 aliphatic heterocycles. The van der Waals surface area contributed by atoms with Crippen molar-refractivity contribution in [3.05, 3.63) is 35.9 Å². The standard InChI is InChI=1S/C17H26N2O/c1-3-8-16-18-15(17(20)19(16)13-4-2)12-11-14-9-6-5-7-10-14/h5-7,9-10,15-16,18H,3-4,8,11-13H2,1-2H3. The fourth-order valence-corrected chi connectivity index (χ4v) is 2.93. The fourth-order valence-electron chi connectivity index (χ4n) is 2.93. The molecule has 110 valence electrons. The number of nitrogens with zero attached hydrogens (tertiary/aromatic N) is 1. The molecule has 0 aromatic heterocycles. The Morgan fingerprint density at radius 2 is 1.85 bits per heavy atom. The highest BCUT2D eigenvalue weighted by Crippen LogP contribution is 2.19. The van der Waals surface area contributed by atoms with Gasteiger partial charge in [0.15, 0.2) is 0 Å². The van der Waals surface area contributed by atoms with E-state index in [1.54, 1.807) is 0 Å². The fraction of sp³-hybridized carbons (Fsp3) is 0.588. The first-order valence-corrected chi connectivity index (χ1v) is 7.86. The molecule has 1 saturated heterocycles. The maximum absolute atomic E-state index is 12.5. The molecule has 20 heavy (non-hydrogen) atoms. The van der Waals surface area contributed by atoms with E-state index in [2.05, 4.69) is 43.4 Å². The van der Waals surface area contributed by atoms with Crippen LogP contribution in [0.4, 0.5) is 0 Å². The third-order valence-corrected chi connectivity index (χ3v) is 3.94. The van der Waals surface area contributed by atoms with E-state index in [0.29, 0.717) is 5.91 Å². The van der Waals surface area contributed by atoms with Crippen molar-refractivity contribution >= 4 is 5.91 Å². The van der Waals surface area contributed by atoms with Gasteiger partial charge in [0.25, 0.3) is 0 Å². The Kier molecular flexibility index (Phi) is 5.60. The van der Waals surface area contributed by atoms with E-state index in [4.69, 9.17) is 0 Å². The predicted octanol–water partition coefficient (Wildman–Crippen LogP) is 2.96. The number of carbonyl (C=O) groups excluding carboxylic acids is 1. The molecule has 2 unspecified atom stereocenters. The lowest BCUT2D eigenvalue weighted by molar-refractivity contribution is -0.130. The molecule has 0 aliphatic carbocycles. The van der Waals surface area contributed by atoms with Gasteiger partial charge in [-0.3, -0.25) is 10.1 Å². The molecule has 0 radical (unpaired) electrons. The quantitative estimate of drug-likeness (QED) is 0.829. The largest absolute Gasteiger partial charge is 0.326 e. The third kappa shape index (κ3) is 3.60. The van der Waals surface area contributed by atoms with E-state index in [9.17, 15) is 4.79 Å². The Hall–Kier alpha value is -1.35. The van der Waals surface area contributed by atoms with Gasteiger partial charge < -0.3 is 4.90 Å². The van der Waals surface area contributed by atoms with Crippen LogP contribution in [0.3, 0.4) is 0 Å². The Bertz CT molecular complexity index is 418. The average molecular weight is 274 g/mol. The van der Waals surface area contributed by atoms with Crippen molar-refractivity contribution in [2.45, 2.75) is 58.2 Å². The Morgan fingerprint density at radius 3 is 2.50 bits per heavy atom. The SMILES string of the molecule is CCCC1NC(CCc2ccccc2)C(=O)N1CCC. The van der Waals surface area contributed by atoms with Gasteiger partial charge in [0, 0.05) is 6.54 Å². The summed E-state index contributed by atoms with van der Waals surface area (Å²) in [6.07, 6.45) is 5.28. The molecule has 3 nitrogen and oxygen atoms in total. The number of amides is 1. The predicted molar refractivity (Wildman–Crippen MR) is 82.4 cm³/mol. The van der Waals surface area contributed by atoms with Crippen molar-refractivity contribution < 1.29 is 4.79 Å². The monoisotopic (exact) mass is 274 g/mol. The van der Waals surface area contributed by atoms with E-state index in [0.717, 1.165) is 38.6 Å². The minimum absolute atomic E-state index is 0.00157. The Labute approximate surface area is 122 Å². The van der Waals surface area contributed by atoms with Crippen molar-refractivity contribution in [1.82, 2.24) is 10.2 Å². The number of carbonyl (C=O) groups is 1. The van der Waals surface area contributed by atoms with Crippen molar-refractivity contribution in [1.29, 1.82) is 0 Å². The topological polar surface area (TPSA) is 32.3 Å². The van der Waals surface area contributed by atoms with Crippen LogP contribution in [0, 0.1) is 0 Å². The summed E-state index contributed by atoms with van der Waals surface area (Å²) in [5.41, 5.74) is 1.31. The van der Waals surface area contributed by atoms with Gasteiger partial charge in [-0.2, -0.15) is 0 Å². The first-order valence-electron chi connectivity index (χ1n) is 7.86. The highest BCUT2D eigenvalue weighted by atomic mass is 16.2. The van der Waals surface area contributed by atoms with Crippen LogP contribution in [-0.2, 0) is 11.2 Å². The highest BCUT2D eigenvalue weighted by Gasteiger charge is 2.36. The summed E-state index contributed by atoms with van der Waals surface area (Å²) in [6, 6.07) is 10.4. The van der Waals surface area contributed by atoms with E-state index in [1.165, 1.54) is 5.56 Å². The van der Waals surface area contributed by atoms with Crippen LogP contribution in [0.2, 0.25) is 0 Å². The number of nitrogens with one attached hydrogen (secondary N) is 1. The maximum atomic E-state index is 12.5. The summed E-state index contributed by atoms with van der Waals surface area (Å²) in [4.78, 5) is 14.5. The lowest BCUT2D eigenvalue weighted by atomic mass is 10.1. The van der Waals surface area contributed by atoms with E-state index < -0.39 is 0 Å². The minimum Gasteiger partial charge on any atom is -0.326 e. The number of hydrogen-bond acceptors (Lipinski definition) is 2. The number of rotatable bonds is 7. The zero-order chi connectivity index (χ0) is 14.4. The molecular formula is C17H26N2O. The average Bonchev–Trinajstić information content (AvgIpc) is 2.76. The highest BCUT2D eigenvalue weighted by molar-refractivity contribution is 5.84. The van der Waals surface area contributed by atoms with Gasteiger partial charge in [-0.1, -0.05) is 50.6 Å². The second kappa shape index (κ2) is 7.44. The molecule has 1 aromatic carbocycles. The van der Waals surface area contributed by atoms with Crippen LogP contribution in [0.1, 0.15) is 45.1 Å². The maximum Gasteiger partial charge on any atom is 0.241 e. The summed E-state index contributed by atoms with van der Waals surface area (Å²) >= 11 is 0. The molecule has 1 fully saturated rings. The molecule has 0 saturated carbocycles. The molecule has 0 bridgehead atoms. The van der Waals surface area contributed by atoms with Gasteiger partial charge in [0.05, 0.1) is 12.2 Å². The Balaban J connectivity index is 1.93. The summed E-state index contributed by atoms with van der Waals surface area (Å²) in [5.74, 6) is 0.293. The lowest BCUT2D eigenvalue weighted by Gasteiger charge is -2.23. The van der Waals surface area contributed by atoms with Crippen molar-refractivity contribution in [2.24, 2.45) is 0 Å². The van der Waals surface area contributed by atoms with E-state index >= 15 is 0 Å². The van der Waals surface area contributed by atoms with Gasteiger partial charge in [-0.15, -0.1) is 0 Å². The summed E-state index contributed by atoms with van der Waals surface area (Å²) in [6.45, 7) is 5.18. The molecular weight excluding hydrogens is 248 g/mol. The van der Waals surface area contributed by atoms with Gasteiger partial charge >= 0.3 is 0 Å². The summed E-state index contributed by atoms with van der Waals surface area (Å²) in [5, 5.41) is 3.52. The van der Waals surface area contributed by atoms with Gasteiger partial charge in [0.1, 0.15) is 0 Å². The smallest absolute Gasteiger partial charge is 0.241 e. The van der Waals surface area contributed by atoms with Crippen LogP contribution < -0.4 is 5.32 Å². The molecule has 1 N–H and O–H groups in total. The summed E-state index contributed by atoms with van der Waals surface area (Å²) < 4.78 is 0. The molecule has 2 rings (SSSR count). The zero-order valence-corrected chi connectivity index (χ0v) is 12.6. The normalized spacial score (nSPS) is 22.5. The lowest BCUT2D eigenvalue weighted by Crippen LogP contribution is -2.37. The molecule has 1 aromatic rings. The van der Waals surface area contributed by atoms with E-state index in [1.807, 2.05) is 11.0 Å². The minimum atomic E-state index is -0.00157. The van der Waals surface area contributed by atoms with Gasteiger partial charge in [-0.25, -0.2) is 0 Å². The first kappa shape index (κ1) is 15.0. The molecule has 1 heterocycles. The summed E-state index contributed by atoms with van der Waals surface area (Å²) in [7, 11) is 0. The third-order valence-electron chi connectivity index (χ3n) is 3.94. The van der Waals surface area contributed by atoms with Crippen molar-refractivity contribution in [2.75, 3.05) is 6.54 Å². The van der Waals surface area contributed by atoms with Crippen LogP contribution in [0.5, 0.6) is 0 Å². The van der Waals surface area contributed by atoms with Crippen molar-refractivity contribution in [3.8, 4) is 0 Å². The first-order chi connectivity index (χ1) is 9.76. The van der Waals surface area contributed by atoms with Crippen LogP contribution in [-0.4, -0.2) is 29.6 Å². The van der Waals surface area contributed by atoms with Crippen molar-refractivity contribution in [3.63, 3.8) is 0 Å². The molecule has 1 amide bonds. The van der Waals surface area contributed by atoms with Gasteiger partial charge in [-0.05, 0) is 31.2 Å². The number of aryl methyl sites for hydroxylation is 1. The number of benzene rings is 1. The van der Waals surface area contributed by atoms with Crippen LogP contribution >= 0.6 is 0 Å². The van der Waals surface area contributed by atoms with Gasteiger partial charge in [0.2, 0.25) is 5.91 Å². The molecule has 1 aliphatic rings. The van der Waals surface area contributed by atoms with E-state index in [-0.39, 0.29) is 12.2 Å². The number of hydrogen-bond donors (Lipinski definition) is 1. The molecule has 2 atom stereocenters. The second-order valence-corrected chi connectivity index (χ2v) is 5.58.